The van der Waals surface area contributed by atoms with E-state index >= 15 is 0 Å². The van der Waals surface area contributed by atoms with E-state index in [0.29, 0.717) is 58.5 Å². The highest BCUT2D eigenvalue weighted by Crippen LogP contribution is 2.43. The Morgan fingerprint density at radius 2 is 1.98 bits per heavy atom. The molecule has 0 bridgehead atoms. The van der Waals surface area contributed by atoms with E-state index in [1.165, 1.54) is 17.5 Å². The summed E-state index contributed by atoms with van der Waals surface area (Å²) in [5.74, 6) is -0.433. The number of thiazole rings is 1. The molecular formula is C30H28N10OS. The Bertz CT molecular complexity index is 1930. The number of rotatable bonds is 8. The molecule has 1 saturated carbocycles. The van der Waals surface area contributed by atoms with Crippen molar-refractivity contribution in [2.75, 3.05) is 17.2 Å². The molecule has 5 aromatic rings. The van der Waals surface area contributed by atoms with Crippen molar-refractivity contribution in [3.05, 3.63) is 70.6 Å². The van der Waals surface area contributed by atoms with Crippen molar-refractivity contribution in [3.8, 4) is 12.1 Å². The molecule has 4 N–H and O–H groups in total. The SMILES string of the molecule is CC(C)(C)CNc1c(C#N)cnc2c(C#N)cc(NC(c3cn(C4(C(N)=O)CC4)nn3)c3cccc4ncsc34)cc12. The molecular weight excluding hydrogens is 548 g/mol. The first-order valence-electron chi connectivity index (χ1n) is 13.5. The molecule has 3 heterocycles. The third-order valence-corrected chi connectivity index (χ3v) is 8.34. The molecule has 0 aliphatic heterocycles. The molecule has 0 radical (unpaired) electrons. The fraction of sp³-hybridized carbons (Fsp3) is 0.300. The van der Waals surface area contributed by atoms with Gasteiger partial charge >= 0.3 is 0 Å². The molecule has 42 heavy (non-hydrogen) atoms. The number of anilines is 2. The van der Waals surface area contributed by atoms with Gasteiger partial charge in [-0.15, -0.1) is 16.4 Å². The van der Waals surface area contributed by atoms with Crippen LogP contribution in [-0.2, 0) is 10.3 Å². The maximum absolute atomic E-state index is 12.2. The molecule has 12 heteroatoms. The maximum Gasteiger partial charge on any atom is 0.245 e. The highest BCUT2D eigenvalue weighted by Gasteiger charge is 2.52. The standard InChI is InChI=1S/C30H28N10OS/c1-29(2,3)15-35-25-18(12-32)13-34-24-17(11-31)9-19(10-21(24)25)37-26(20-5-4-6-22-27(20)42-16-36-22)23-14-40(39-38-23)30(7-8-30)28(33)41/h4-6,9-10,13-14,16,26,37H,7-8,15H2,1-3H3,(H2,33,41)(H,34,35). The molecule has 1 amide bonds. The minimum Gasteiger partial charge on any atom is -0.383 e. The maximum atomic E-state index is 12.2. The van der Waals surface area contributed by atoms with Crippen molar-refractivity contribution in [2.45, 2.75) is 45.2 Å². The lowest BCUT2D eigenvalue weighted by molar-refractivity contribution is -0.122. The van der Waals surface area contributed by atoms with E-state index in [-0.39, 0.29) is 5.41 Å². The third-order valence-electron chi connectivity index (χ3n) is 7.44. The first kappa shape index (κ1) is 27.1. The minimum absolute atomic E-state index is 0.0512. The van der Waals surface area contributed by atoms with Crippen LogP contribution >= 0.6 is 11.3 Å². The second-order valence-corrected chi connectivity index (χ2v) is 12.6. The number of hydrogen-bond acceptors (Lipinski definition) is 10. The highest BCUT2D eigenvalue weighted by molar-refractivity contribution is 7.17. The molecule has 1 aliphatic rings. The summed E-state index contributed by atoms with van der Waals surface area (Å²) in [5, 5.41) is 36.4. The van der Waals surface area contributed by atoms with Gasteiger partial charge < -0.3 is 16.4 Å². The van der Waals surface area contributed by atoms with Gasteiger partial charge in [0, 0.05) is 23.8 Å². The summed E-state index contributed by atoms with van der Waals surface area (Å²) in [6.07, 6.45) is 4.48. The molecule has 11 nitrogen and oxygen atoms in total. The van der Waals surface area contributed by atoms with Crippen molar-refractivity contribution < 1.29 is 4.79 Å². The smallest absolute Gasteiger partial charge is 0.245 e. The Hall–Kier alpha value is -5.07. The molecule has 0 saturated heterocycles. The van der Waals surface area contributed by atoms with Gasteiger partial charge in [-0.3, -0.25) is 9.78 Å². The molecule has 1 aliphatic carbocycles. The van der Waals surface area contributed by atoms with E-state index in [9.17, 15) is 15.3 Å². The quantitative estimate of drug-likeness (QED) is 0.234. The minimum atomic E-state index is -0.851. The summed E-state index contributed by atoms with van der Waals surface area (Å²) < 4.78 is 2.54. The number of nitriles is 2. The van der Waals surface area contributed by atoms with Crippen LogP contribution in [0.2, 0.25) is 0 Å². The molecule has 1 unspecified atom stereocenters. The zero-order valence-electron chi connectivity index (χ0n) is 23.3. The largest absolute Gasteiger partial charge is 0.383 e. The van der Waals surface area contributed by atoms with Crippen LogP contribution in [0.25, 0.3) is 21.1 Å². The number of amides is 1. The van der Waals surface area contributed by atoms with Gasteiger partial charge in [-0.05, 0) is 42.0 Å². The molecule has 6 rings (SSSR count). The summed E-state index contributed by atoms with van der Waals surface area (Å²) in [7, 11) is 0. The van der Waals surface area contributed by atoms with Gasteiger partial charge in [-0.25, -0.2) is 9.67 Å². The predicted molar refractivity (Wildman–Crippen MR) is 161 cm³/mol. The Morgan fingerprint density at radius 3 is 2.67 bits per heavy atom. The summed E-state index contributed by atoms with van der Waals surface area (Å²) in [5.41, 5.74) is 11.5. The van der Waals surface area contributed by atoms with Gasteiger partial charge in [0.1, 0.15) is 23.4 Å². The van der Waals surface area contributed by atoms with Crippen molar-refractivity contribution in [1.82, 2.24) is 25.0 Å². The topological polar surface area (TPSA) is 171 Å². The average molecular weight is 577 g/mol. The van der Waals surface area contributed by atoms with Gasteiger partial charge in [0.2, 0.25) is 5.91 Å². The number of nitrogens with zero attached hydrogens (tertiary/aromatic N) is 7. The Kier molecular flexibility index (Phi) is 6.51. The Balaban J connectivity index is 1.50. The summed E-state index contributed by atoms with van der Waals surface area (Å²) in [6.45, 7) is 6.92. The number of carbonyl (C=O) groups excluding carboxylic acids is 1. The Morgan fingerprint density at radius 1 is 1.19 bits per heavy atom. The van der Waals surface area contributed by atoms with Gasteiger partial charge in [-0.2, -0.15) is 10.5 Å². The number of benzene rings is 2. The second-order valence-electron chi connectivity index (χ2n) is 11.7. The van der Waals surface area contributed by atoms with Crippen LogP contribution in [0, 0.1) is 28.1 Å². The number of nitrogens with one attached hydrogen (secondary N) is 2. The fourth-order valence-corrected chi connectivity index (χ4v) is 5.87. The number of primary amides is 1. The lowest BCUT2D eigenvalue weighted by atomic mass is 9.96. The van der Waals surface area contributed by atoms with Crippen molar-refractivity contribution in [1.29, 1.82) is 10.5 Å². The van der Waals surface area contributed by atoms with Crippen LogP contribution in [0.15, 0.2) is 48.2 Å². The third kappa shape index (κ3) is 4.76. The van der Waals surface area contributed by atoms with E-state index in [4.69, 9.17) is 5.73 Å². The molecule has 3 aromatic heterocycles. The van der Waals surface area contributed by atoms with Crippen LogP contribution in [0.5, 0.6) is 0 Å². The number of carbonyl (C=O) groups is 1. The van der Waals surface area contributed by atoms with E-state index in [2.05, 4.69) is 63.8 Å². The summed E-state index contributed by atoms with van der Waals surface area (Å²) in [6, 6.07) is 13.5. The summed E-state index contributed by atoms with van der Waals surface area (Å²) in [4.78, 5) is 21.1. The van der Waals surface area contributed by atoms with Crippen LogP contribution in [0.1, 0.15) is 62.0 Å². The normalized spacial score (nSPS) is 14.7. The second kappa shape index (κ2) is 10.1. The van der Waals surface area contributed by atoms with E-state index < -0.39 is 17.5 Å². The van der Waals surface area contributed by atoms with Gasteiger partial charge in [0.05, 0.1) is 50.3 Å². The van der Waals surface area contributed by atoms with Crippen LogP contribution in [-0.4, -0.2) is 37.4 Å². The fourth-order valence-electron chi connectivity index (χ4n) is 5.04. The Labute approximate surface area is 246 Å². The van der Waals surface area contributed by atoms with Crippen molar-refractivity contribution in [3.63, 3.8) is 0 Å². The van der Waals surface area contributed by atoms with Gasteiger partial charge in [0.15, 0.2) is 0 Å². The number of nitrogens with two attached hydrogens (primary N) is 1. The number of aromatic nitrogens is 5. The molecule has 1 fully saturated rings. The van der Waals surface area contributed by atoms with Crippen molar-refractivity contribution >= 4 is 49.7 Å². The van der Waals surface area contributed by atoms with E-state index in [1.807, 2.05) is 24.3 Å². The van der Waals surface area contributed by atoms with Crippen molar-refractivity contribution in [2.24, 2.45) is 11.1 Å². The molecule has 2 aromatic carbocycles. The van der Waals surface area contributed by atoms with Crippen LogP contribution in [0.4, 0.5) is 11.4 Å². The monoisotopic (exact) mass is 576 g/mol. The molecule has 210 valence electrons. The number of fused-ring (bicyclic) bond motifs is 2. The molecule has 1 atom stereocenters. The highest BCUT2D eigenvalue weighted by atomic mass is 32.1. The zero-order chi connectivity index (χ0) is 29.6. The van der Waals surface area contributed by atoms with Gasteiger partial charge in [-0.1, -0.05) is 38.1 Å². The first-order chi connectivity index (χ1) is 20.1. The average Bonchev–Trinajstić information content (AvgIpc) is 3.39. The predicted octanol–water partition coefficient (Wildman–Crippen LogP) is 4.81. The van der Waals surface area contributed by atoms with E-state index in [0.717, 1.165) is 15.8 Å². The van der Waals surface area contributed by atoms with E-state index in [1.54, 1.807) is 22.5 Å². The first-order valence-corrected chi connectivity index (χ1v) is 14.3. The lowest BCUT2D eigenvalue weighted by Crippen LogP contribution is -2.34. The van der Waals surface area contributed by atoms with Crippen LogP contribution < -0.4 is 16.4 Å². The number of hydrogen-bond donors (Lipinski definition) is 3. The number of pyridine rings is 1. The zero-order valence-corrected chi connectivity index (χ0v) is 24.2. The summed E-state index contributed by atoms with van der Waals surface area (Å²) >= 11 is 1.51. The molecule has 0 spiro atoms. The van der Waals surface area contributed by atoms with Gasteiger partial charge in [0.25, 0.3) is 0 Å². The van der Waals surface area contributed by atoms with Crippen LogP contribution in [0.3, 0.4) is 0 Å². The lowest BCUT2D eigenvalue weighted by Gasteiger charge is -2.22.